The van der Waals surface area contributed by atoms with Gasteiger partial charge in [-0.25, -0.2) is 0 Å². The predicted octanol–water partition coefficient (Wildman–Crippen LogP) is 8.68. The van der Waals surface area contributed by atoms with Crippen LogP contribution in [0.15, 0.2) is 0 Å². The van der Waals surface area contributed by atoms with Gasteiger partial charge in [-0.2, -0.15) is 0 Å². The van der Waals surface area contributed by atoms with Gasteiger partial charge in [-0.3, -0.25) is 0 Å². The zero-order valence-corrected chi connectivity index (χ0v) is 19.8. The van der Waals surface area contributed by atoms with Crippen LogP contribution in [0, 0.1) is 29.6 Å². The van der Waals surface area contributed by atoms with E-state index in [2.05, 4.69) is 6.92 Å². The van der Waals surface area contributed by atoms with Crippen molar-refractivity contribution in [2.45, 2.75) is 148 Å². The van der Waals surface area contributed by atoms with Crippen LogP contribution < -0.4 is 0 Å². The Morgan fingerprint density at radius 2 is 1.21 bits per heavy atom. The maximum Gasteiger partial charge on any atom is 0.0543 e. The predicted molar refractivity (Wildman–Crippen MR) is 126 cm³/mol. The Balaban J connectivity index is 1.23. The lowest BCUT2D eigenvalue weighted by Gasteiger charge is -2.47. The number of aliphatic hydroxyl groups excluding tert-OH is 1. The smallest absolute Gasteiger partial charge is 0.0543 e. The molecule has 0 aromatic carbocycles. The number of rotatable bonds is 12. The van der Waals surface area contributed by atoms with Crippen LogP contribution in [0.1, 0.15) is 142 Å². The van der Waals surface area contributed by atoms with Crippen molar-refractivity contribution in [1.82, 2.24) is 0 Å². The quantitative estimate of drug-likeness (QED) is 0.322. The van der Waals surface area contributed by atoms with Gasteiger partial charge in [0.25, 0.3) is 0 Å². The summed E-state index contributed by atoms with van der Waals surface area (Å²) >= 11 is 0. The van der Waals surface area contributed by atoms with Gasteiger partial charge in [-0.15, -0.1) is 0 Å². The number of aliphatic hydroxyl groups is 1. The lowest BCUT2D eigenvalue weighted by atomic mass is 9.59. The summed E-state index contributed by atoms with van der Waals surface area (Å²) in [5.41, 5.74) is 0. The maximum absolute atomic E-state index is 10.1. The Hall–Kier alpha value is -0.0400. The molecule has 3 aliphatic rings. The lowest BCUT2D eigenvalue weighted by Crippen LogP contribution is -2.39. The zero-order valence-electron chi connectivity index (χ0n) is 19.8. The Bertz CT molecular complexity index is 411. The molecule has 3 fully saturated rings. The topological polar surface area (TPSA) is 20.2 Å². The lowest BCUT2D eigenvalue weighted by molar-refractivity contribution is -0.00583. The second kappa shape index (κ2) is 13.4. The number of hydrogen-bond donors (Lipinski definition) is 1. The van der Waals surface area contributed by atoms with Crippen molar-refractivity contribution in [1.29, 1.82) is 0 Å². The van der Waals surface area contributed by atoms with Crippen LogP contribution in [0.4, 0.5) is 0 Å². The molecule has 0 aromatic rings. The monoisotopic (exact) mass is 404 g/mol. The van der Waals surface area contributed by atoms with Crippen LogP contribution in [0.3, 0.4) is 0 Å². The molecule has 3 saturated carbocycles. The highest BCUT2D eigenvalue weighted by Crippen LogP contribution is 2.50. The molecule has 3 rings (SSSR count). The number of hydrogen-bond acceptors (Lipinski definition) is 1. The van der Waals surface area contributed by atoms with Crippen LogP contribution >= 0.6 is 0 Å². The third-order valence-electron chi connectivity index (χ3n) is 9.14. The fraction of sp³-hybridized carbons (Fsp3) is 1.00. The average Bonchev–Trinajstić information content (AvgIpc) is 2.75. The molecule has 3 aliphatic carbocycles. The molecule has 0 aromatic heterocycles. The second-order valence-electron chi connectivity index (χ2n) is 11.2. The van der Waals surface area contributed by atoms with Crippen molar-refractivity contribution in [2.75, 3.05) is 0 Å². The fourth-order valence-corrected chi connectivity index (χ4v) is 7.40. The molecular weight excluding hydrogens is 352 g/mol. The van der Waals surface area contributed by atoms with E-state index >= 15 is 0 Å². The number of unbranched alkanes of at least 4 members (excludes halogenated alkanes) is 9. The van der Waals surface area contributed by atoms with Gasteiger partial charge >= 0.3 is 0 Å². The van der Waals surface area contributed by atoms with Gasteiger partial charge in [0.1, 0.15) is 0 Å². The Labute approximate surface area is 182 Å². The molecule has 0 heterocycles. The highest BCUT2D eigenvalue weighted by atomic mass is 16.3. The van der Waals surface area contributed by atoms with Crippen molar-refractivity contribution in [3.8, 4) is 0 Å². The summed E-state index contributed by atoms with van der Waals surface area (Å²) in [6.07, 6.45) is 30.2. The van der Waals surface area contributed by atoms with Crippen LogP contribution in [0.2, 0.25) is 0 Å². The molecule has 0 aliphatic heterocycles. The van der Waals surface area contributed by atoms with Crippen molar-refractivity contribution in [3.05, 3.63) is 0 Å². The van der Waals surface area contributed by atoms with Crippen molar-refractivity contribution in [2.24, 2.45) is 29.6 Å². The molecule has 0 radical (unpaired) electrons. The van der Waals surface area contributed by atoms with E-state index in [-0.39, 0.29) is 6.10 Å². The van der Waals surface area contributed by atoms with E-state index in [1.807, 2.05) is 0 Å². The van der Waals surface area contributed by atoms with Crippen molar-refractivity contribution in [3.63, 3.8) is 0 Å². The Morgan fingerprint density at radius 3 is 1.90 bits per heavy atom. The van der Waals surface area contributed by atoms with Gasteiger partial charge in [0.2, 0.25) is 0 Å². The van der Waals surface area contributed by atoms with Gasteiger partial charge in [-0.05, 0) is 68.1 Å². The molecule has 4 unspecified atom stereocenters. The van der Waals surface area contributed by atoms with E-state index in [1.165, 1.54) is 122 Å². The van der Waals surface area contributed by atoms with Crippen molar-refractivity contribution < 1.29 is 5.11 Å². The van der Waals surface area contributed by atoms with Gasteiger partial charge in [0.15, 0.2) is 0 Å². The van der Waals surface area contributed by atoms with E-state index in [0.29, 0.717) is 0 Å². The average molecular weight is 405 g/mol. The van der Waals surface area contributed by atoms with Crippen molar-refractivity contribution >= 4 is 0 Å². The van der Waals surface area contributed by atoms with E-state index in [0.717, 1.165) is 42.4 Å². The Morgan fingerprint density at radius 1 is 0.586 bits per heavy atom. The minimum atomic E-state index is 0.0202. The van der Waals surface area contributed by atoms with Crippen LogP contribution in [-0.2, 0) is 0 Å². The van der Waals surface area contributed by atoms with Gasteiger partial charge in [0, 0.05) is 0 Å². The molecule has 1 N–H and O–H groups in total. The summed E-state index contributed by atoms with van der Waals surface area (Å²) in [5.74, 6) is 4.92. The molecule has 0 saturated heterocycles. The van der Waals surface area contributed by atoms with Crippen LogP contribution in [0.25, 0.3) is 0 Å². The first-order valence-electron chi connectivity index (χ1n) is 14.0. The van der Waals surface area contributed by atoms with Gasteiger partial charge in [-0.1, -0.05) is 103 Å². The normalized spacial score (nSPS) is 35.4. The summed E-state index contributed by atoms with van der Waals surface area (Å²) in [4.78, 5) is 0. The summed E-state index contributed by atoms with van der Waals surface area (Å²) < 4.78 is 0. The summed E-state index contributed by atoms with van der Waals surface area (Å²) in [6.45, 7) is 2.31. The summed E-state index contributed by atoms with van der Waals surface area (Å²) in [5, 5.41) is 10.1. The molecule has 1 heteroatoms. The zero-order chi connectivity index (χ0) is 20.3. The first-order valence-corrected chi connectivity index (χ1v) is 14.0. The third-order valence-corrected chi connectivity index (χ3v) is 9.14. The van der Waals surface area contributed by atoms with E-state index in [4.69, 9.17) is 0 Å². The molecule has 29 heavy (non-hydrogen) atoms. The molecular formula is C28H52O. The van der Waals surface area contributed by atoms with E-state index in [1.54, 1.807) is 0 Å². The SMILES string of the molecule is CCCCCCCCCCCCC1CCC(C2CCCC3CC(O)CCC32)CC1. The maximum atomic E-state index is 10.1. The van der Waals surface area contributed by atoms with Crippen LogP contribution in [0.5, 0.6) is 0 Å². The first-order chi connectivity index (χ1) is 14.3. The van der Waals surface area contributed by atoms with Gasteiger partial charge < -0.3 is 5.11 Å². The minimum absolute atomic E-state index is 0.0202. The number of fused-ring (bicyclic) bond motifs is 1. The molecule has 0 spiro atoms. The molecule has 4 atom stereocenters. The minimum Gasteiger partial charge on any atom is -0.393 e. The molecule has 0 bridgehead atoms. The highest BCUT2D eigenvalue weighted by Gasteiger charge is 2.41. The second-order valence-corrected chi connectivity index (χ2v) is 11.2. The third kappa shape index (κ3) is 7.86. The van der Waals surface area contributed by atoms with E-state index < -0.39 is 0 Å². The fourth-order valence-electron chi connectivity index (χ4n) is 7.40. The molecule has 170 valence electrons. The van der Waals surface area contributed by atoms with Gasteiger partial charge in [0.05, 0.1) is 6.10 Å². The summed E-state index contributed by atoms with van der Waals surface area (Å²) in [6, 6.07) is 0. The molecule has 0 amide bonds. The highest BCUT2D eigenvalue weighted by molar-refractivity contribution is 4.91. The first kappa shape index (κ1) is 23.6. The largest absolute Gasteiger partial charge is 0.393 e. The van der Waals surface area contributed by atoms with Crippen LogP contribution in [-0.4, -0.2) is 11.2 Å². The molecule has 1 nitrogen and oxygen atoms in total. The standard InChI is InChI=1S/C28H52O/c1-2-3-4-5-6-7-8-9-10-11-13-23-16-18-24(19-17-23)27-15-12-14-25-22-26(29)20-21-28(25)27/h23-29H,2-22H2,1H3. The Kier molecular flexibility index (Phi) is 10.9. The summed E-state index contributed by atoms with van der Waals surface area (Å²) in [7, 11) is 0. The van der Waals surface area contributed by atoms with E-state index in [9.17, 15) is 5.11 Å².